The Bertz CT molecular complexity index is 842. The third-order valence-corrected chi connectivity index (χ3v) is 4.63. The molecule has 2 nitrogen and oxygen atoms in total. The summed E-state index contributed by atoms with van der Waals surface area (Å²) >= 11 is 0. The van der Waals surface area contributed by atoms with Crippen LogP contribution < -0.4 is 10.2 Å². The molecule has 0 aliphatic heterocycles. The van der Waals surface area contributed by atoms with E-state index in [0.29, 0.717) is 12.4 Å². The van der Waals surface area contributed by atoms with Crippen LogP contribution in [0.15, 0.2) is 78.9 Å². The van der Waals surface area contributed by atoms with Crippen molar-refractivity contribution in [1.82, 2.24) is 4.90 Å². The first-order chi connectivity index (χ1) is 13.1. The number of hydrogen-bond donors (Lipinski definition) is 0. The summed E-state index contributed by atoms with van der Waals surface area (Å²) in [5.41, 5.74) is 2.62. The lowest BCUT2D eigenvalue weighted by atomic mass is 9.96. The standard InChI is InChI=1S/C23H23BFNO/c1-26(16-19-10-6-3-7-11-19)20(14-18-8-4-2-5-9-18)17-27-21-12-13-22(24)23(25)15-21/h2-13,15,20H,14,16-17H2,1H3/t20-/m1/s1. The average molecular weight is 359 g/mol. The number of benzene rings is 3. The Morgan fingerprint density at radius 2 is 1.56 bits per heavy atom. The smallest absolute Gasteiger partial charge is 0.122 e. The van der Waals surface area contributed by atoms with Crippen LogP contribution in [0.4, 0.5) is 4.39 Å². The second-order valence-electron chi connectivity index (χ2n) is 6.74. The molecule has 0 fully saturated rings. The van der Waals surface area contributed by atoms with Gasteiger partial charge in [-0.2, -0.15) is 0 Å². The van der Waals surface area contributed by atoms with E-state index in [1.807, 2.05) is 36.4 Å². The van der Waals surface area contributed by atoms with Gasteiger partial charge in [-0.15, -0.1) is 0 Å². The van der Waals surface area contributed by atoms with Gasteiger partial charge >= 0.3 is 0 Å². The fourth-order valence-electron chi connectivity index (χ4n) is 3.02. The molecule has 0 amide bonds. The zero-order valence-electron chi connectivity index (χ0n) is 15.5. The van der Waals surface area contributed by atoms with Crippen LogP contribution in [0.3, 0.4) is 0 Å². The molecule has 0 spiro atoms. The van der Waals surface area contributed by atoms with Gasteiger partial charge in [0.25, 0.3) is 0 Å². The second kappa shape index (κ2) is 9.38. The zero-order valence-corrected chi connectivity index (χ0v) is 15.5. The van der Waals surface area contributed by atoms with Crippen molar-refractivity contribution in [2.75, 3.05) is 13.7 Å². The van der Waals surface area contributed by atoms with E-state index in [9.17, 15) is 4.39 Å². The summed E-state index contributed by atoms with van der Waals surface area (Å²) in [5.74, 6) is 0.0395. The zero-order chi connectivity index (χ0) is 19.1. The summed E-state index contributed by atoms with van der Waals surface area (Å²) in [6.45, 7) is 1.28. The van der Waals surface area contributed by atoms with Crippen molar-refractivity contribution in [2.24, 2.45) is 0 Å². The highest BCUT2D eigenvalue weighted by molar-refractivity contribution is 6.32. The van der Waals surface area contributed by atoms with E-state index in [2.05, 4.69) is 36.2 Å². The Labute approximate surface area is 162 Å². The van der Waals surface area contributed by atoms with Crippen LogP contribution in [0, 0.1) is 5.82 Å². The van der Waals surface area contributed by atoms with Gasteiger partial charge in [0.15, 0.2) is 0 Å². The molecule has 3 aromatic rings. The van der Waals surface area contributed by atoms with Crippen molar-refractivity contribution >= 4 is 13.3 Å². The summed E-state index contributed by atoms with van der Waals surface area (Å²) in [5, 5.41) is 0. The lowest BCUT2D eigenvalue weighted by molar-refractivity contribution is 0.154. The van der Waals surface area contributed by atoms with E-state index in [0.717, 1.165) is 13.0 Å². The highest BCUT2D eigenvalue weighted by Crippen LogP contribution is 2.15. The molecule has 3 aromatic carbocycles. The molecule has 2 radical (unpaired) electrons. The van der Waals surface area contributed by atoms with Crippen LogP contribution in [0.5, 0.6) is 5.75 Å². The Morgan fingerprint density at radius 1 is 0.926 bits per heavy atom. The van der Waals surface area contributed by atoms with Gasteiger partial charge in [-0.3, -0.25) is 4.90 Å². The number of rotatable bonds is 8. The third kappa shape index (κ3) is 5.70. The SMILES string of the molecule is [B]c1ccc(OC[C@@H](Cc2ccccc2)N(C)Cc2ccccc2)cc1F. The lowest BCUT2D eigenvalue weighted by Gasteiger charge is -2.28. The minimum Gasteiger partial charge on any atom is -0.492 e. The van der Waals surface area contributed by atoms with Gasteiger partial charge < -0.3 is 4.74 Å². The highest BCUT2D eigenvalue weighted by Gasteiger charge is 2.17. The Kier molecular flexibility index (Phi) is 6.66. The average Bonchev–Trinajstić information content (AvgIpc) is 2.69. The molecule has 1 atom stereocenters. The van der Waals surface area contributed by atoms with Gasteiger partial charge in [0, 0.05) is 18.7 Å². The van der Waals surface area contributed by atoms with Crippen molar-refractivity contribution in [3.05, 3.63) is 95.8 Å². The van der Waals surface area contributed by atoms with Gasteiger partial charge in [0.2, 0.25) is 0 Å². The number of hydrogen-bond acceptors (Lipinski definition) is 2. The molecular formula is C23H23BFNO. The molecule has 0 unspecified atom stereocenters. The molecule has 0 bridgehead atoms. The van der Waals surface area contributed by atoms with Gasteiger partial charge in [0.1, 0.15) is 26.0 Å². The summed E-state index contributed by atoms with van der Waals surface area (Å²) < 4.78 is 19.6. The molecule has 0 aliphatic carbocycles. The highest BCUT2D eigenvalue weighted by atomic mass is 19.1. The third-order valence-electron chi connectivity index (χ3n) is 4.63. The van der Waals surface area contributed by atoms with E-state index in [1.54, 1.807) is 6.07 Å². The van der Waals surface area contributed by atoms with Crippen LogP contribution >= 0.6 is 0 Å². The maximum atomic E-state index is 13.7. The predicted molar refractivity (Wildman–Crippen MR) is 109 cm³/mol. The van der Waals surface area contributed by atoms with Crippen LogP contribution in [-0.2, 0) is 13.0 Å². The Balaban J connectivity index is 1.71. The second-order valence-corrected chi connectivity index (χ2v) is 6.74. The van der Waals surface area contributed by atoms with E-state index < -0.39 is 5.82 Å². The molecule has 3 rings (SSSR count). The molecule has 0 aliphatic rings. The van der Waals surface area contributed by atoms with Crippen molar-refractivity contribution < 1.29 is 9.13 Å². The molecule has 0 saturated carbocycles. The van der Waals surface area contributed by atoms with Crippen LogP contribution in [0.1, 0.15) is 11.1 Å². The molecule has 0 saturated heterocycles. The fraction of sp³-hybridized carbons (Fsp3) is 0.217. The molecule has 27 heavy (non-hydrogen) atoms. The monoisotopic (exact) mass is 359 g/mol. The molecule has 0 aromatic heterocycles. The Morgan fingerprint density at radius 3 is 2.19 bits per heavy atom. The summed E-state index contributed by atoms with van der Waals surface area (Å²) in [4.78, 5) is 2.27. The van der Waals surface area contributed by atoms with Crippen molar-refractivity contribution in [2.45, 2.75) is 19.0 Å². The fourth-order valence-corrected chi connectivity index (χ4v) is 3.02. The first kappa shape index (κ1) is 19.2. The van der Waals surface area contributed by atoms with Crippen LogP contribution in [0.2, 0.25) is 0 Å². The first-order valence-corrected chi connectivity index (χ1v) is 9.08. The van der Waals surface area contributed by atoms with Crippen molar-refractivity contribution in [3.8, 4) is 5.75 Å². The van der Waals surface area contributed by atoms with E-state index >= 15 is 0 Å². The number of halogens is 1. The van der Waals surface area contributed by atoms with E-state index in [1.165, 1.54) is 23.3 Å². The number of nitrogens with zero attached hydrogens (tertiary/aromatic N) is 1. The predicted octanol–water partition coefficient (Wildman–Crippen LogP) is 3.74. The lowest BCUT2D eigenvalue weighted by Crippen LogP contribution is -2.38. The Hall–Kier alpha value is -2.59. The first-order valence-electron chi connectivity index (χ1n) is 9.08. The summed E-state index contributed by atoms with van der Waals surface area (Å²) in [7, 11) is 7.63. The van der Waals surface area contributed by atoms with Gasteiger partial charge in [0.05, 0.1) is 0 Å². The minimum atomic E-state index is -0.454. The number of ether oxygens (including phenoxy) is 1. The molecule has 4 heteroatoms. The van der Waals surface area contributed by atoms with Crippen LogP contribution in [-0.4, -0.2) is 32.4 Å². The maximum Gasteiger partial charge on any atom is 0.122 e. The molecular weight excluding hydrogens is 336 g/mol. The molecule has 0 heterocycles. The van der Waals surface area contributed by atoms with Gasteiger partial charge in [-0.25, -0.2) is 4.39 Å². The number of likely N-dealkylation sites (N-methyl/N-ethyl adjacent to an activating group) is 1. The van der Waals surface area contributed by atoms with Crippen LogP contribution in [0.25, 0.3) is 0 Å². The summed E-state index contributed by atoms with van der Waals surface area (Å²) in [6.07, 6.45) is 0.849. The normalized spacial score (nSPS) is 12.1. The van der Waals surface area contributed by atoms with Crippen molar-refractivity contribution in [1.29, 1.82) is 0 Å². The molecule has 0 N–H and O–H groups in total. The minimum absolute atomic E-state index is 0.129. The van der Waals surface area contributed by atoms with E-state index in [-0.39, 0.29) is 11.5 Å². The quantitative estimate of drug-likeness (QED) is 0.568. The van der Waals surface area contributed by atoms with Crippen molar-refractivity contribution in [3.63, 3.8) is 0 Å². The topological polar surface area (TPSA) is 12.5 Å². The van der Waals surface area contributed by atoms with Gasteiger partial charge in [-0.05, 0) is 30.7 Å². The maximum absolute atomic E-state index is 13.7. The van der Waals surface area contributed by atoms with Gasteiger partial charge in [-0.1, -0.05) is 72.2 Å². The summed E-state index contributed by atoms with van der Waals surface area (Å²) in [6, 6.07) is 25.4. The van der Waals surface area contributed by atoms with E-state index in [4.69, 9.17) is 12.6 Å². The molecule has 136 valence electrons. The largest absolute Gasteiger partial charge is 0.492 e.